The second kappa shape index (κ2) is 12.5. The van der Waals surface area contributed by atoms with Gasteiger partial charge < -0.3 is 25.7 Å². The van der Waals surface area contributed by atoms with Crippen LogP contribution >= 0.6 is 0 Å². The summed E-state index contributed by atoms with van der Waals surface area (Å²) in [5.74, 6) is -0.264. The monoisotopic (exact) mass is 546 g/mol. The van der Waals surface area contributed by atoms with Crippen LogP contribution in [0.4, 0.5) is 0 Å². The molecular formula is C26H43BN6O6. The number of nitrogens with zero attached hydrogens (tertiary/aromatic N) is 2. The SMILES string of the molecule is C=C/C=C/C(=O)N[C@@H](CCCN=C(N)N[N+](=O)[O-])C(=O)N[C@@H](CC(C)C)B1O[C@@H]2C[C@H]3C[C@H](C3(C)C)[C@]2(C)O1. The number of nitrogens with two attached hydrogens (primary N) is 1. The molecule has 1 aliphatic heterocycles. The summed E-state index contributed by atoms with van der Waals surface area (Å²) < 4.78 is 13.1. The molecule has 2 amide bonds. The van der Waals surface area contributed by atoms with Gasteiger partial charge in [-0.15, -0.1) is 0 Å². The summed E-state index contributed by atoms with van der Waals surface area (Å²) in [6.45, 7) is 14.6. The van der Waals surface area contributed by atoms with Crippen molar-refractivity contribution in [3.63, 3.8) is 0 Å². The minimum atomic E-state index is -0.868. The standard InChI is InChI=1S/C26H43BN6O6/c1-7-8-11-22(34)30-18(10-9-12-29-24(28)32-33(36)37)23(35)31-21(13-16(2)3)27-38-20-15-17-14-19(25(17,4)5)26(20,6)39-27/h7-8,11,16-21H,1,9-10,12-15H2,2-6H3,(H,30,34)(H,31,35)(H3,28,29,32)/b11-8+/t17-,18+,19-,20-,21+,26+/m1/s1. The molecule has 4 aliphatic rings. The van der Waals surface area contributed by atoms with E-state index in [0.717, 1.165) is 12.8 Å². The van der Waals surface area contributed by atoms with Crippen molar-refractivity contribution in [2.24, 2.45) is 33.9 Å². The first-order valence-electron chi connectivity index (χ1n) is 13.7. The Labute approximate surface area is 230 Å². The van der Waals surface area contributed by atoms with Crippen LogP contribution in [0.15, 0.2) is 29.8 Å². The highest BCUT2D eigenvalue weighted by Crippen LogP contribution is 2.65. The van der Waals surface area contributed by atoms with Crippen LogP contribution in [0, 0.1) is 33.3 Å². The van der Waals surface area contributed by atoms with Crippen LogP contribution in [0.3, 0.4) is 0 Å². The molecule has 5 N–H and O–H groups in total. The molecule has 1 heterocycles. The van der Waals surface area contributed by atoms with E-state index in [4.69, 9.17) is 15.0 Å². The van der Waals surface area contributed by atoms with Crippen molar-refractivity contribution in [1.29, 1.82) is 0 Å². The van der Waals surface area contributed by atoms with E-state index in [2.05, 4.69) is 56.8 Å². The topological polar surface area (TPSA) is 170 Å². The van der Waals surface area contributed by atoms with Crippen LogP contribution in [0.5, 0.6) is 0 Å². The maximum atomic E-state index is 13.5. The summed E-state index contributed by atoms with van der Waals surface area (Å²) >= 11 is 0. The predicted octanol–water partition coefficient (Wildman–Crippen LogP) is 1.89. The van der Waals surface area contributed by atoms with Gasteiger partial charge in [-0.2, -0.15) is 0 Å². The van der Waals surface area contributed by atoms with Crippen LogP contribution in [0.1, 0.15) is 66.7 Å². The highest BCUT2D eigenvalue weighted by Gasteiger charge is 2.68. The summed E-state index contributed by atoms with van der Waals surface area (Å²) in [5.41, 5.74) is 7.04. The predicted molar refractivity (Wildman–Crippen MR) is 149 cm³/mol. The molecule has 3 saturated carbocycles. The van der Waals surface area contributed by atoms with Crippen molar-refractivity contribution in [2.75, 3.05) is 6.54 Å². The van der Waals surface area contributed by atoms with Crippen LogP contribution in [-0.4, -0.2) is 60.2 Å². The van der Waals surface area contributed by atoms with Gasteiger partial charge in [-0.1, -0.05) is 51.9 Å². The van der Waals surface area contributed by atoms with Crippen LogP contribution in [0.2, 0.25) is 0 Å². The summed E-state index contributed by atoms with van der Waals surface area (Å²) in [5, 5.41) is 15.5. The number of hydrogen-bond acceptors (Lipinski definition) is 7. The lowest BCUT2D eigenvalue weighted by Crippen LogP contribution is -2.65. The van der Waals surface area contributed by atoms with E-state index in [0.29, 0.717) is 24.7 Å². The van der Waals surface area contributed by atoms with E-state index >= 15 is 0 Å². The number of rotatable bonds is 13. The lowest BCUT2D eigenvalue weighted by Gasteiger charge is -2.64. The third-order valence-electron chi connectivity index (χ3n) is 8.51. The number of aliphatic imine (C=N–C) groups is 1. The van der Waals surface area contributed by atoms with E-state index in [1.807, 2.05) is 0 Å². The number of nitro groups is 1. The van der Waals surface area contributed by atoms with Crippen molar-refractivity contribution in [1.82, 2.24) is 16.1 Å². The molecule has 1 saturated heterocycles. The molecule has 0 aromatic rings. The smallest absolute Gasteiger partial charge is 0.404 e. The van der Waals surface area contributed by atoms with Gasteiger partial charge in [-0.25, -0.2) is 15.1 Å². The number of guanidine groups is 1. The first kappa shape index (κ1) is 30.6. The van der Waals surface area contributed by atoms with Crippen LogP contribution < -0.4 is 21.8 Å². The maximum Gasteiger partial charge on any atom is 0.481 e. The summed E-state index contributed by atoms with van der Waals surface area (Å²) in [4.78, 5) is 40.3. The zero-order chi connectivity index (χ0) is 29.0. The molecule has 4 fully saturated rings. The molecule has 0 spiro atoms. The van der Waals surface area contributed by atoms with Gasteiger partial charge in [-0.3, -0.25) is 9.59 Å². The third kappa shape index (κ3) is 7.19. The third-order valence-corrected chi connectivity index (χ3v) is 8.51. The van der Waals surface area contributed by atoms with Crippen LogP contribution in [-0.2, 0) is 18.9 Å². The van der Waals surface area contributed by atoms with Crippen molar-refractivity contribution in [2.45, 2.75) is 90.4 Å². The van der Waals surface area contributed by atoms with E-state index in [-0.39, 0.29) is 42.3 Å². The first-order valence-corrected chi connectivity index (χ1v) is 13.7. The minimum Gasteiger partial charge on any atom is -0.404 e. The minimum absolute atomic E-state index is 0.0125. The molecule has 3 aliphatic carbocycles. The van der Waals surface area contributed by atoms with Gasteiger partial charge in [-0.05, 0) is 62.2 Å². The van der Waals surface area contributed by atoms with Crippen LogP contribution in [0.25, 0.3) is 0 Å². The Morgan fingerprint density at radius 1 is 1.28 bits per heavy atom. The fourth-order valence-corrected chi connectivity index (χ4v) is 6.37. The fraction of sp³-hybridized carbons (Fsp3) is 0.731. The Kier molecular flexibility index (Phi) is 9.81. The molecule has 0 unspecified atom stereocenters. The number of carbonyl (C=O) groups is 2. The Bertz CT molecular complexity index is 1000. The highest BCUT2D eigenvalue weighted by atomic mass is 16.7. The van der Waals surface area contributed by atoms with Gasteiger partial charge in [0.1, 0.15) is 6.04 Å². The zero-order valence-corrected chi connectivity index (χ0v) is 23.6. The fourth-order valence-electron chi connectivity index (χ4n) is 6.37. The van der Waals surface area contributed by atoms with Gasteiger partial charge in [0.05, 0.1) is 17.6 Å². The summed E-state index contributed by atoms with van der Waals surface area (Å²) in [6.07, 6.45) is 7.54. The molecule has 0 aromatic heterocycles. The molecule has 6 atom stereocenters. The summed E-state index contributed by atoms with van der Waals surface area (Å²) in [6, 6.07) is -0.868. The number of amides is 2. The zero-order valence-electron chi connectivity index (χ0n) is 23.6. The first-order chi connectivity index (χ1) is 18.3. The number of nitrogens with one attached hydrogen (secondary N) is 3. The van der Waals surface area contributed by atoms with Crippen molar-refractivity contribution >= 4 is 24.9 Å². The molecule has 13 heteroatoms. The van der Waals surface area contributed by atoms with E-state index < -0.39 is 35.6 Å². The summed E-state index contributed by atoms with van der Waals surface area (Å²) in [7, 11) is -0.587. The molecular weight excluding hydrogens is 503 g/mol. The second-order valence-electron chi connectivity index (χ2n) is 12.0. The Balaban J connectivity index is 1.70. The van der Waals surface area contributed by atoms with Crippen molar-refractivity contribution < 1.29 is 23.9 Å². The lowest BCUT2D eigenvalue weighted by molar-refractivity contribution is -0.525. The van der Waals surface area contributed by atoms with Gasteiger partial charge in [0.25, 0.3) is 5.96 Å². The van der Waals surface area contributed by atoms with Crippen molar-refractivity contribution in [3.8, 4) is 0 Å². The highest BCUT2D eigenvalue weighted by molar-refractivity contribution is 6.48. The molecule has 2 bridgehead atoms. The molecule has 0 aromatic carbocycles. The second-order valence-corrected chi connectivity index (χ2v) is 12.0. The Hall–Kier alpha value is -2.93. The largest absolute Gasteiger partial charge is 0.481 e. The number of hydrogen-bond donors (Lipinski definition) is 4. The van der Waals surface area contributed by atoms with Gasteiger partial charge in [0.2, 0.25) is 11.8 Å². The molecule has 39 heavy (non-hydrogen) atoms. The van der Waals surface area contributed by atoms with E-state index in [1.54, 1.807) is 5.43 Å². The molecule has 12 nitrogen and oxygen atoms in total. The van der Waals surface area contributed by atoms with Gasteiger partial charge >= 0.3 is 7.12 Å². The normalized spacial score (nSPS) is 28.8. The lowest BCUT2D eigenvalue weighted by atomic mass is 9.43. The molecule has 216 valence electrons. The van der Waals surface area contributed by atoms with E-state index in [1.165, 1.54) is 18.2 Å². The number of carbonyl (C=O) groups excluding carboxylic acids is 2. The van der Waals surface area contributed by atoms with Crippen molar-refractivity contribution in [3.05, 3.63) is 34.9 Å². The number of hydrazine groups is 1. The molecule has 4 rings (SSSR count). The Morgan fingerprint density at radius 3 is 2.62 bits per heavy atom. The molecule has 0 radical (unpaired) electrons. The Morgan fingerprint density at radius 2 is 2.00 bits per heavy atom. The van der Waals surface area contributed by atoms with Gasteiger partial charge in [0.15, 0.2) is 5.03 Å². The average Bonchev–Trinajstić information content (AvgIpc) is 3.20. The van der Waals surface area contributed by atoms with E-state index in [9.17, 15) is 19.7 Å². The van der Waals surface area contributed by atoms with Gasteiger partial charge in [0, 0.05) is 12.6 Å². The maximum absolute atomic E-state index is 13.5. The number of allylic oxidation sites excluding steroid dienone is 2. The average molecular weight is 546 g/mol. The quantitative estimate of drug-likeness (QED) is 0.0397.